The number of esters is 1. The number of benzene rings is 1. The second-order valence-corrected chi connectivity index (χ2v) is 2.71. The molecule has 14 heavy (non-hydrogen) atoms. The quantitative estimate of drug-likeness (QED) is 0.576. The number of ether oxygens (including phenoxy) is 1. The lowest BCUT2D eigenvalue weighted by molar-refractivity contribution is -0.152. The summed E-state index contributed by atoms with van der Waals surface area (Å²) in [5.41, 5.74) is 0.423. The normalized spacial score (nSPS) is 11.8. The molecule has 4 heteroatoms. The average Bonchev–Trinajstić information content (AvgIpc) is 2.19. The zero-order valence-corrected chi connectivity index (χ0v) is 7.64. The zero-order valence-electron chi connectivity index (χ0n) is 7.64. The van der Waals surface area contributed by atoms with Crippen LogP contribution in [0.1, 0.15) is 11.5 Å². The number of carbonyl (C=O) groups excluding carboxylic acids is 1. The van der Waals surface area contributed by atoms with Crippen LogP contribution < -0.4 is 0 Å². The van der Waals surface area contributed by atoms with E-state index in [4.69, 9.17) is 5.11 Å². The van der Waals surface area contributed by atoms with Crippen molar-refractivity contribution in [2.75, 3.05) is 7.11 Å². The minimum atomic E-state index is -1.24. The van der Waals surface area contributed by atoms with Crippen molar-refractivity contribution < 1.29 is 19.4 Å². The molecule has 4 nitrogen and oxygen atoms in total. The lowest BCUT2D eigenvalue weighted by Gasteiger charge is -2.09. The maximum Gasteiger partial charge on any atom is 0.324 e. The van der Waals surface area contributed by atoms with Gasteiger partial charge in [0.05, 0.1) is 7.11 Å². The van der Waals surface area contributed by atoms with Crippen molar-refractivity contribution in [2.45, 2.75) is 5.92 Å². The number of aliphatic carboxylic acids is 1. The standard InChI is InChI=1S/C10H10O4/c1-14-10(13)8(9(11)12)7-5-3-2-4-6-7/h2-6,8H,1H3,(H,11,12)/t8-/m0/s1. The smallest absolute Gasteiger partial charge is 0.324 e. The van der Waals surface area contributed by atoms with Crippen molar-refractivity contribution in [3.63, 3.8) is 0 Å². The summed E-state index contributed by atoms with van der Waals surface area (Å²) in [5, 5.41) is 8.83. The van der Waals surface area contributed by atoms with E-state index in [0.29, 0.717) is 5.56 Å². The minimum absolute atomic E-state index is 0.423. The van der Waals surface area contributed by atoms with Gasteiger partial charge in [0.2, 0.25) is 0 Å². The average molecular weight is 194 g/mol. The highest BCUT2D eigenvalue weighted by Gasteiger charge is 2.28. The fraction of sp³-hybridized carbons (Fsp3) is 0.200. The van der Waals surface area contributed by atoms with Crippen LogP contribution in [0, 0.1) is 0 Å². The van der Waals surface area contributed by atoms with Gasteiger partial charge in [-0.15, -0.1) is 0 Å². The molecule has 0 heterocycles. The van der Waals surface area contributed by atoms with E-state index in [-0.39, 0.29) is 0 Å². The SMILES string of the molecule is COC(=O)[C@H](C(=O)O)c1ccccc1. The summed E-state index contributed by atoms with van der Waals surface area (Å²) in [5.74, 6) is -3.20. The molecule has 0 radical (unpaired) electrons. The van der Waals surface area contributed by atoms with Crippen LogP contribution in [-0.4, -0.2) is 24.2 Å². The first-order chi connectivity index (χ1) is 6.66. The zero-order chi connectivity index (χ0) is 10.6. The Morgan fingerprint density at radius 3 is 2.29 bits per heavy atom. The second kappa shape index (κ2) is 4.41. The molecule has 1 aromatic carbocycles. The molecule has 0 unspecified atom stereocenters. The molecule has 0 bridgehead atoms. The fourth-order valence-corrected chi connectivity index (χ4v) is 1.14. The van der Waals surface area contributed by atoms with Crippen molar-refractivity contribution >= 4 is 11.9 Å². The number of carbonyl (C=O) groups is 2. The van der Waals surface area contributed by atoms with Crippen molar-refractivity contribution in [2.24, 2.45) is 0 Å². The topological polar surface area (TPSA) is 63.6 Å². The Kier molecular flexibility index (Phi) is 3.23. The highest BCUT2D eigenvalue weighted by molar-refractivity contribution is 5.99. The van der Waals surface area contributed by atoms with E-state index >= 15 is 0 Å². The van der Waals surface area contributed by atoms with Crippen LogP contribution in [0.15, 0.2) is 30.3 Å². The van der Waals surface area contributed by atoms with Gasteiger partial charge in [-0.2, -0.15) is 0 Å². The van der Waals surface area contributed by atoms with Gasteiger partial charge in [-0.25, -0.2) is 0 Å². The van der Waals surface area contributed by atoms with Crippen LogP contribution in [0.4, 0.5) is 0 Å². The number of methoxy groups -OCH3 is 1. The van der Waals surface area contributed by atoms with Crippen LogP contribution in [0.2, 0.25) is 0 Å². The van der Waals surface area contributed by atoms with Gasteiger partial charge in [0.15, 0.2) is 5.92 Å². The molecule has 1 rings (SSSR count). The third-order valence-electron chi connectivity index (χ3n) is 1.82. The van der Waals surface area contributed by atoms with E-state index in [2.05, 4.69) is 4.74 Å². The maximum atomic E-state index is 11.2. The highest BCUT2D eigenvalue weighted by Crippen LogP contribution is 2.16. The Morgan fingerprint density at radius 2 is 1.86 bits per heavy atom. The van der Waals surface area contributed by atoms with E-state index in [1.54, 1.807) is 30.3 Å². The summed E-state index contributed by atoms with van der Waals surface area (Å²) < 4.78 is 4.41. The number of hydrogen-bond donors (Lipinski definition) is 1. The molecule has 1 aromatic rings. The number of rotatable bonds is 3. The summed E-state index contributed by atoms with van der Waals surface area (Å²) in [7, 11) is 1.17. The van der Waals surface area contributed by atoms with Crippen LogP contribution >= 0.6 is 0 Å². The van der Waals surface area contributed by atoms with Crippen LogP contribution in [0.25, 0.3) is 0 Å². The third kappa shape index (κ3) is 2.10. The largest absolute Gasteiger partial charge is 0.480 e. The van der Waals surface area contributed by atoms with Gasteiger partial charge in [0, 0.05) is 0 Å². The lowest BCUT2D eigenvalue weighted by Crippen LogP contribution is -2.22. The van der Waals surface area contributed by atoms with E-state index < -0.39 is 17.9 Å². The Bertz CT molecular complexity index is 331. The Hall–Kier alpha value is -1.84. The van der Waals surface area contributed by atoms with E-state index in [9.17, 15) is 9.59 Å². The summed E-state index contributed by atoms with van der Waals surface area (Å²) >= 11 is 0. The Morgan fingerprint density at radius 1 is 1.29 bits per heavy atom. The van der Waals surface area contributed by atoms with Gasteiger partial charge in [-0.3, -0.25) is 9.59 Å². The summed E-state index contributed by atoms with van der Waals surface area (Å²) in [6, 6.07) is 8.26. The summed E-state index contributed by atoms with van der Waals surface area (Å²) in [6.45, 7) is 0. The second-order valence-electron chi connectivity index (χ2n) is 2.71. The molecule has 0 saturated carbocycles. The molecule has 0 aliphatic carbocycles. The number of carboxylic acid groups (broad SMARTS) is 1. The van der Waals surface area contributed by atoms with Crippen molar-refractivity contribution in [3.8, 4) is 0 Å². The van der Waals surface area contributed by atoms with E-state index in [1.165, 1.54) is 7.11 Å². The van der Waals surface area contributed by atoms with E-state index in [0.717, 1.165) is 0 Å². The first kappa shape index (κ1) is 10.2. The van der Waals surface area contributed by atoms with Crippen LogP contribution in [0.3, 0.4) is 0 Å². The van der Waals surface area contributed by atoms with Gasteiger partial charge < -0.3 is 9.84 Å². The molecule has 1 atom stereocenters. The number of carboxylic acids is 1. The Balaban J connectivity index is 3.01. The minimum Gasteiger partial charge on any atom is -0.480 e. The number of hydrogen-bond acceptors (Lipinski definition) is 3. The molecule has 0 saturated heterocycles. The molecule has 0 spiro atoms. The van der Waals surface area contributed by atoms with Gasteiger partial charge in [0.1, 0.15) is 0 Å². The first-order valence-electron chi connectivity index (χ1n) is 4.02. The molecule has 0 fully saturated rings. The molecule has 0 amide bonds. The third-order valence-corrected chi connectivity index (χ3v) is 1.82. The predicted octanol–water partition coefficient (Wildman–Crippen LogP) is 1.03. The van der Waals surface area contributed by atoms with Crippen molar-refractivity contribution in [1.29, 1.82) is 0 Å². The van der Waals surface area contributed by atoms with Crippen LogP contribution in [-0.2, 0) is 14.3 Å². The first-order valence-corrected chi connectivity index (χ1v) is 4.02. The summed E-state index contributed by atoms with van der Waals surface area (Å²) in [4.78, 5) is 22.0. The van der Waals surface area contributed by atoms with Gasteiger partial charge >= 0.3 is 11.9 Å². The molecular weight excluding hydrogens is 184 g/mol. The monoisotopic (exact) mass is 194 g/mol. The lowest BCUT2D eigenvalue weighted by atomic mass is 10.00. The van der Waals surface area contributed by atoms with Gasteiger partial charge in [-0.1, -0.05) is 30.3 Å². The molecular formula is C10H10O4. The fourth-order valence-electron chi connectivity index (χ4n) is 1.14. The molecule has 0 aliphatic heterocycles. The summed E-state index contributed by atoms with van der Waals surface area (Å²) in [6.07, 6.45) is 0. The molecule has 74 valence electrons. The van der Waals surface area contributed by atoms with Gasteiger partial charge in [0.25, 0.3) is 0 Å². The highest BCUT2D eigenvalue weighted by atomic mass is 16.5. The predicted molar refractivity (Wildman–Crippen MR) is 48.8 cm³/mol. The maximum absolute atomic E-state index is 11.2. The van der Waals surface area contributed by atoms with Crippen molar-refractivity contribution in [1.82, 2.24) is 0 Å². The van der Waals surface area contributed by atoms with Gasteiger partial charge in [-0.05, 0) is 5.56 Å². The molecule has 0 aliphatic rings. The van der Waals surface area contributed by atoms with Crippen LogP contribution in [0.5, 0.6) is 0 Å². The molecule has 1 N–H and O–H groups in total. The van der Waals surface area contributed by atoms with Crippen molar-refractivity contribution in [3.05, 3.63) is 35.9 Å². The van der Waals surface area contributed by atoms with E-state index in [1.807, 2.05) is 0 Å². The Labute approximate surface area is 81.1 Å². The molecule has 0 aromatic heterocycles.